The number of ether oxygens (including phenoxy) is 2. The minimum atomic E-state index is -3.14. The standard InChI is InChI=1S/C18H16Cl3F3N2O3/c1-18(2,3)29-16(27)11(20)6-8-5-9(12(22)7-10(8)19)14-13(21)15(26(4)25-14)28-17(23)24/h5-7,17H,1-4H3/b11-6-. The van der Waals surface area contributed by atoms with Gasteiger partial charge in [-0.1, -0.05) is 34.8 Å². The van der Waals surface area contributed by atoms with Crippen molar-refractivity contribution in [2.45, 2.75) is 33.0 Å². The van der Waals surface area contributed by atoms with Crippen LogP contribution in [0.5, 0.6) is 5.88 Å². The first-order chi connectivity index (χ1) is 13.3. The molecule has 1 heterocycles. The zero-order chi connectivity index (χ0) is 22.1. The van der Waals surface area contributed by atoms with Crippen molar-refractivity contribution in [1.29, 1.82) is 0 Å². The predicted octanol–water partition coefficient (Wildman–Crippen LogP) is 6.06. The third kappa shape index (κ3) is 5.81. The number of hydrogen-bond donors (Lipinski definition) is 0. The van der Waals surface area contributed by atoms with Gasteiger partial charge in [0.2, 0.25) is 5.88 Å². The van der Waals surface area contributed by atoms with Gasteiger partial charge in [-0.05, 0) is 44.5 Å². The first-order valence-corrected chi connectivity index (χ1v) is 9.20. The summed E-state index contributed by atoms with van der Waals surface area (Å²) in [6.45, 7) is 1.86. The molecule has 0 spiro atoms. The molecule has 0 radical (unpaired) electrons. The molecule has 0 amide bonds. The van der Waals surface area contributed by atoms with E-state index in [0.29, 0.717) is 0 Å². The quantitative estimate of drug-likeness (QED) is 0.393. The van der Waals surface area contributed by atoms with E-state index in [1.54, 1.807) is 20.8 Å². The largest absolute Gasteiger partial charge is 0.456 e. The monoisotopic (exact) mass is 470 g/mol. The highest BCUT2D eigenvalue weighted by Gasteiger charge is 2.24. The number of carbonyl (C=O) groups excluding carboxylic acids is 1. The second-order valence-corrected chi connectivity index (χ2v) is 8.01. The Balaban J connectivity index is 2.50. The summed E-state index contributed by atoms with van der Waals surface area (Å²) in [5.41, 5.74) is -0.913. The van der Waals surface area contributed by atoms with E-state index in [4.69, 9.17) is 39.5 Å². The number of benzene rings is 1. The summed E-state index contributed by atoms with van der Waals surface area (Å²) in [4.78, 5) is 12.0. The molecule has 0 aliphatic heterocycles. The lowest BCUT2D eigenvalue weighted by Gasteiger charge is -2.19. The summed E-state index contributed by atoms with van der Waals surface area (Å²) >= 11 is 18.1. The number of aryl methyl sites for hydroxylation is 1. The number of rotatable bonds is 5. The fourth-order valence-corrected chi connectivity index (χ4v) is 2.91. The van der Waals surface area contributed by atoms with Crippen LogP contribution in [0, 0.1) is 5.82 Å². The molecule has 1 aromatic heterocycles. The van der Waals surface area contributed by atoms with Crippen molar-refractivity contribution in [3.63, 3.8) is 0 Å². The van der Waals surface area contributed by atoms with Gasteiger partial charge < -0.3 is 9.47 Å². The van der Waals surface area contributed by atoms with Crippen molar-refractivity contribution < 1.29 is 27.4 Å². The molecule has 5 nitrogen and oxygen atoms in total. The van der Waals surface area contributed by atoms with Crippen LogP contribution in [-0.4, -0.2) is 28.0 Å². The van der Waals surface area contributed by atoms with Crippen LogP contribution in [0.2, 0.25) is 10.0 Å². The maximum atomic E-state index is 14.5. The molecular weight excluding hydrogens is 456 g/mol. The Kier molecular flexibility index (Phi) is 7.14. The van der Waals surface area contributed by atoms with E-state index >= 15 is 0 Å². The molecule has 29 heavy (non-hydrogen) atoms. The molecule has 0 saturated heterocycles. The van der Waals surface area contributed by atoms with Gasteiger partial charge in [0, 0.05) is 12.6 Å². The van der Waals surface area contributed by atoms with Gasteiger partial charge in [-0.25, -0.2) is 13.9 Å². The van der Waals surface area contributed by atoms with Gasteiger partial charge in [-0.15, -0.1) is 0 Å². The molecule has 11 heteroatoms. The average molecular weight is 472 g/mol. The highest BCUT2D eigenvalue weighted by molar-refractivity contribution is 6.43. The Hall–Kier alpha value is -1.90. The highest BCUT2D eigenvalue weighted by Crippen LogP contribution is 2.38. The molecule has 2 rings (SSSR count). The zero-order valence-electron chi connectivity index (χ0n) is 15.7. The molecule has 0 aliphatic carbocycles. The number of carbonyl (C=O) groups is 1. The Morgan fingerprint density at radius 1 is 1.28 bits per heavy atom. The minimum Gasteiger partial charge on any atom is -0.456 e. The van der Waals surface area contributed by atoms with Crippen molar-refractivity contribution in [3.05, 3.63) is 38.6 Å². The van der Waals surface area contributed by atoms with Crippen LogP contribution in [0.1, 0.15) is 26.3 Å². The van der Waals surface area contributed by atoms with Crippen LogP contribution in [0.4, 0.5) is 13.2 Å². The van der Waals surface area contributed by atoms with Gasteiger partial charge in [0.25, 0.3) is 0 Å². The normalized spacial score (nSPS) is 12.4. The van der Waals surface area contributed by atoms with Gasteiger partial charge in [-0.3, -0.25) is 0 Å². The van der Waals surface area contributed by atoms with Gasteiger partial charge in [-0.2, -0.15) is 13.9 Å². The lowest BCUT2D eigenvalue weighted by molar-refractivity contribution is -0.148. The highest BCUT2D eigenvalue weighted by atomic mass is 35.5. The van der Waals surface area contributed by atoms with E-state index in [2.05, 4.69) is 9.84 Å². The second-order valence-electron chi connectivity index (χ2n) is 6.82. The van der Waals surface area contributed by atoms with Crippen LogP contribution in [-0.2, 0) is 16.6 Å². The lowest BCUT2D eigenvalue weighted by Crippen LogP contribution is -2.23. The molecule has 2 aromatic rings. The number of aromatic nitrogens is 2. The SMILES string of the molecule is Cn1nc(-c2cc(/C=C(\Cl)C(=O)OC(C)(C)C)c(Cl)cc2F)c(Cl)c1OC(F)F. The summed E-state index contributed by atoms with van der Waals surface area (Å²) in [7, 11) is 1.31. The predicted molar refractivity (Wildman–Crippen MR) is 105 cm³/mol. The Labute approximate surface area is 179 Å². The van der Waals surface area contributed by atoms with Gasteiger partial charge >= 0.3 is 12.6 Å². The molecule has 158 valence electrons. The zero-order valence-corrected chi connectivity index (χ0v) is 18.0. The number of halogens is 6. The number of esters is 1. The van der Waals surface area contributed by atoms with Crippen molar-refractivity contribution in [1.82, 2.24) is 9.78 Å². The fraction of sp³-hybridized carbons (Fsp3) is 0.333. The molecular formula is C18H16Cl3F3N2O3. The van der Waals surface area contributed by atoms with Gasteiger partial charge in [0.05, 0.1) is 5.02 Å². The van der Waals surface area contributed by atoms with Gasteiger partial charge in [0.1, 0.15) is 27.2 Å². The van der Waals surface area contributed by atoms with E-state index in [1.165, 1.54) is 19.2 Å². The molecule has 0 bridgehead atoms. The van der Waals surface area contributed by atoms with Crippen molar-refractivity contribution in [2.24, 2.45) is 7.05 Å². The van der Waals surface area contributed by atoms with Crippen LogP contribution in [0.3, 0.4) is 0 Å². The summed E-state index contributed by atoms with van der Waals surface area (Å²) < 4.78 is 50.0. The van der Waals surface area contributed by atoms with Gasteiger partial charge in [0.15, 0.2) is 0 Å². The van der Waals surface area contributed by atoms with Crippen molar-refractivity contribution >= 4 is 46.8 Å². The molecule has 0 aliphatic rings. The molecule has 0 fully saturated rings. The lowest BCUT2D eigenvalue weighted by atomic mass is 10.1. The van der Waals surface area contributed by atoms with Crippen molar-refractivity contribution in [3.8, 4) is 17.1 Å². The van der Waals surface area contributed by atoms with E-state index in [1.807, 2.05) is 0 Å². The molecule has 0 unspecified atom stereocenters. The van der Waals surface area contributed by atoms with Crippen LogP contribution in [0.15, 0.2) is 17.2 Å². The van der Waals surface area contributed by atoms with E-state index in [9.17, 15) is 18.0 Å². The van der Waals surface area contributed by atoms with Crippen molar-refractivity contribution in [2.75, 3.05) is 0 Å². The second kappa shape index (κ2) is 8.85. The maximum absolute atomic E-state index is 14.5. The Morgan fingerprint density at radius 2 is 1.90 bits per heavy atom. The smallest absolute Gasteiger partial charge is 0.388 e. The van der Waals surface area contributed by atoms with E-state index in [-0.39, 0.29) is 31.9 Å². The maximum Gasteiger partial charge on any atom is 0.388 e. The minimum absolute atomic E-state index is 0.0518. The first kappa shape index (κ1) is 23.4. The summed E-state index contributed by atoms with van der Waals surface area (Å²) in [6.07, 6.45) is 1.19. The Morgan fingerprint density at radius 3 is 2.45 bits per heavy atom. The first-order valence-electron chi connectivity index (χ1n) is 8.07. The fourth-order valence-electron chi connectivity index (χ4n) is 2.25. The summed E-state index contributed by atoms with van der Waals surface area (Å²) in [6, 6.07) is 2.19. The van der Waals surface area contributed by atoms with Crippen LogP contribution >= 0.6 is 34.8 Å². The molecule has 0 saturated carbocycles. The van der Waals surface area contributed by atoms with Crippen LogP contribution in [0.25, 0.3) is 17.3 Å². The summed E-state index contributed by atoms with van der Waals surface area (Å²) in [5, 5.41) is 3.26. The van der Waals surface area contributed by atoms with Crippen LogP contribution < -0.4 is 4.74 Å². The molecule has 0 N–H and O–H groups in total. The topological polar surface area (TPSA) is 53.4 Å². The van der Waals surface area contributed by atoms with E-state index in [0.717, 1.165) is 10.7 Å². The number of alkyl halides is 2. The molecule has 1 aromatic carbocycles. The average Bonchev–Trinajstić information content (AvgIpc) is 2.83. The summed E-state index contributed by atoms with van der Waals surface area (Å²) in [5.74, 6) is -2.05. The Bertz CT molecular complexity index is 969. The molecule has 0 atom stereocenters. The third-order valence-corrected chi connectivity index (χ3v) is 4.29. The van der Waals surface area contributed by atoms with E-state index < -0.39 is 29.9 Å². The third-order valence-electron chi connectivity index (χ3n) is 3.36. The number of nitrogens with zero attached hydrogens (tertiary/aromatic N) is 2. The number of hydrogen-bond acceptors (Lipinski definition) is 4.